The first-order valence-electron chi connectivity index (χ1n) is 8.57. The SMILES string of the molecule is CCCC(N)C(=O)N1CCCN(CC(=O)N(CC)CC)CC1. The van der Waals surface area contributed by atoms with Crippen molar-refractivity contribution in [1.82, 2.24) is 14.7 Å². The molecule has 6 heteroatoms. The molecule has 0 bridgehead atoms. The van der Waals surface area contributed by atoms with E-state index in [-0.39, 0.29) is 17.9 Å². The molecule has 1 aliphatic heterocycles. The lowest BCUT2D eigenvalue weighted by atomic mass is 10.1. The second-order valence-corrected chi connectivity index (χ2v) is 5.92. The number of nitrogens with two attached hydrogens (primary N) is 1. The maximum absolute atomic E-state index is 12.3. The summed E-state index contributed by atoms with van der Waals surface area (Å²) in [5.74, 6) is 0.228. The Labute approximate surface area is 134 Å². The van der Waals surface area contributed by atoms with Gasteiger partial charge in [-0.25, -0.2) is 0 Å². The minimum Gasteiger partial charge on any atom is -0.342 e. The van der Waals surface area contributed by atoms with Crippen LogP contribution in [0.1, 0.15) is 40.0 Å². The van der Waals surface area contributed by atoms with Crippen LogP contribution in [0.2, 0.25) is 0 Å². The second kappa shape index (κ2) is 9.79. The van der Waals surface area contributed by atoms with Gasteiger partial charge < -0.3 is 15.5 Å². The lowest BCUT2D eigenvalue weighted by Gasteiger charge is -2.26. The third-order valence-corrected chi connectivity index (χ3v) is 4.29. The summed E-state index contributed by atoms with van der Waals surface area (Å²) in [5, 5.41) is 0. The monoisotopic (exact) mass is 312 g/mol. The molecule has 0 aliphatic carbocycles. The molecule has 2 amide bonds. The van der Waals surface area contributed by atoms with Crippen LogP contribution in [0.15, 0.2) is 0 Å². The van der Waals surface area contributed by atoms with E-state index in [0.29, 0.717) is 13.1 Å². The molecule has 0 spiro atoms. The number of hydrogen-bond donors (Lipinski definition) is 1. The van der Waals surface area contributed by atoms with Crippen LogP contribution in [0.5, 0.6) is 0 Å². The molecule has 1 aliphatic rings. The summed E-state index contributed by atoms with van der Waals surface area (Å²) in [7, 11) is 0. The van der Waals surface area contributed by atoms with Gasteiger partial charge in [-0.1, -0.05) is 13.3 Å². The highest BCUT2D eigenvalue weighted by molar-refractivity contribution is 5.81. The van der Waals surface area contributed by atoms with Crippen LogP contribution in [0.25, 0.3) is 0 Å². The van der Waals surface area contributed by atoms with Crippen LogP contribution < -0.4 is 5.73 Å². The Kier molecular flexibility index (Phi) is 8.42. The zero-order valence-corrected chi connectivity index (χ0v) is 14.4. The molecule has 6 nitrogen and oxygen atoms in total. The van der Waals surface area contributed by atoms with Gasteiger partial charge >= 0.3 is 0 Å². The molecule has 128 valence electrons. The summed E-state index contributed by atoms with van der Waals surface area (Å²) in [6.45, 7) is 11.0. The van der Waals surface area contributed by atoms with Gasteiger partial charge in [0.25, 0.3) is 0 Å². The zero-order valence-electron chi connectivity index (χ0n) is 14.4. The van der Waals surface area contributed by atoms with Crippen LogP contribution in [-0.4, -0.2) is 78.4 Å². The van der Waals surface area contributed by atoms with Gasteiger partial charge in [0.1, 0.15) is 0 Å². The van der Waals surface area contributed by atoms with Crippen molar-refractivity contribution in [2.75, 3.05) is 45.8 Å². The van der Waals surface area contributed by atoms with Crippen molar-refractivity contribution >= 4 is 11.8 Å². The second-order valence-electron chi connectivity index (χ2n) is 5.92. The molecular formula is C16H32N4O2. The number of likely N-dealkylation sites (N-methyl/N-ethyl adjacent to an activating group) is 1. The van der Waals surface area contributed by atoms with Crippen LogP contribution in [0.4, 0.5) is 0 Å². The molecule has 0 radical (unpaired) electrons. The van der Waals surface area contributed by atoms with Gasteiger partial charge in [-0.05, 0) is 26.7 Å². The molecule has 0 saturated carbocycles. The Morgan fingerprint density at radius 1 is 1.09 bits per heavy atom. The molecule has 1 atom stereocenters. The summed E-state index contributed by atoms with van der Waals surface area (Å²) < 4.78 is 0. The Bertz CT molecular complexity index is 358. The van der Waals surface area contributed by atoms with Crippen molar-refractivity contribution in [3.8, 4) is 0 Å². The van der Waals surface area contributed by atoms with E-state index in [4.69, 9.17) is 5.73 Å². The summed E-state index contributed by atoms with van der Waals surface area (Å²) in [5.41, 5.74) is 5.94. The minimum atomic E-state index is -0.381. The zero-order chi connectivity index (χ0) is 16.5. The van der Waals surface area contributed by atoms with E-state index < -0.39 is 0 Å². The fourth-order valence-electron chi connectivity index (χ4n) is 2.89. The molecule has 1 fully saturated rings. The van der Waals surface area contributed by atoms with Gasteiger partial charge in [-0.2, -0.15) is 0 Å². The average Bonchev–Trinajstić information content (AvgIpc) is 2.73. The molecule has 22 heavy (non-hydrogen) atoms. The van der Waals surface area contributed by atoms with Crippen molar-refractivity contribution in [2.24, 2.45) is 5.73 Å². The molecular weight excluding hydrogens is 280 g/mol. The van der Waals surface area contributed by atoms with Gasteiger partial charge in [0.2, 0.25) is 11.8 Å². The van der Waals surface area contributed by atoms with Crippen LogP contribution in [-0.2, 0) is 9.59 Å². The number of nitrogens with zero attached hydrogens (tertiary/aromatic N) is 3. The van der Waals surface area contributed by atoms with Crippen molar-refractivity contribution in [3.05, 3.63) is 0 Å². The van der Waals surface area contributed by atoms with Crippen molar-refractivity contribution < 1.29 is 9.59 Å². The van der Waals surface area contributed by atoms with Crippen molar-refractivity contribution in [1.29, 1.82) is 0 Å². The highest BCUT2D eigenvalue weighted by Crippen LogP contribution is 2.07. The lowest BCUT2D eigenvalue weighted by molar-refractivity contribution is -0.132. The summed E-state index contributed by atoms with van der Waals surface area (Å²) in [4.78, 5) is 30.3. The van der Waals surface area contributed by atoms with Gasteiger partial charge in [0, 0.05) is 39.3 Å². The van der Waals surface area contributed by atoms with E-state index in [0.717, 1.165) is 52.0 Å². The Balaban J connectivity index is 2.48. The standard InChI is InChI=1S/C16H32N4O2/c1-4-8-14(17)16(22)20-10-7-9-18(11-12-20)13-15(21)19(5-2)6-3/h14H,4-13,17H2,1-3H3. The third kappa shape index (κ3) is 5.57. The average molecular weight is 312 g/mol. The van der Waals surface area contributed by atoms with Gasteiger partial charge in [-0.15, -0.1) is 0 Å². The lowest BCUT2D eigenvalue weighted by Crippen LogP contribution is -2.46. The normalized spacial score (nSPS) is 17.9. The molecule has 0 aromatic heterocycles. The van der Waals surface area contributed by atoms with Gasteiger partial charge in [0.05, 0.1) is 12.6 Å². The first-order valence-corrected chi connectivity index (χ1v) is 8.57. The van der Waals surface area contributed by atoms with E-state index in [2.05, 4.69) is 4.90 Å². The topological polar surface area (TPSA) is 69.9 Å². The summed E-state index contributed by atoms with van der Waals surface area (Å²) in [6, 6.07) is -0.381. The number of rotatable bonds is 7. The van der Waals surface area contributed by atoms with Crippen molar-refractivity contribution in [2.45, 2.75) is 46.1 Å². The maximum atomic E-state index is 12.3. The van der Waals surface area contributed by atoms with Crippen LogP contribution >= 0.6 is 0 Å². The fourth-order valence-corrected chi connectivity index (χ4v) is 2.89. The summed E-state index contributed by atoms with van der Waals surface area (Å²) in [6.07, 6.45) is 2.56. The molecule has 1 heterocycles. The highest BCUT2D eigenvalue weighted by atomic mass is 16.2. The van der Waals surface area contributed by atoms with E-state index in [9.17, 15) is 9.59 Å². The third-order valence-electron chi connectivity index (χ3n) is 4.29. The van der Waals surface area contributed by atoms with E-state index in [1.165, 1.54) is 0 Å². The molecule has 1 rings (SSSR count). The predicted octanol–water partition coefficient (Wildman–Crippen LogP) is 0.517. The van der Waals surface area contributed by atoms with Crippen molar-refractivity contribution in [3.63, 3.8) is 0 Å². The van der Waals surface area contributed by atoms with E-state index in [1.54, 1.807) is 0 Å². The summed E-state index contributed by atoms with van der Waals surface area (Å²) >= 11 is 0. The Hall–Kier alpha value is -1.14. The first kappa shape index (κ1) is 18.9. The highest BCUT2D eigenvalue weighted by Gasteiger charge is 2.24. The predicted molar refractivity (Wildman–Crippen MR) is 88.4 cm³/mol. The fraction of sp³-hybridized carbons (Fsp3) is 0.875. The van der Waals surface area contributed by atoms with E-state index in [1.807, 2.05) is 30.6 Å². The molecule has 1 saturated heterocycles. The number of amides is 2. The molecule has 0 aromatic rings. The van der Waals surface area contributed by atoms with E-state index >= 15 is 0 Å². The largest absolute Gasteiger partial charge is 0.342 e. The van der Waals surface area contributed by atoms with Gasteiger partial charge in [-0.3, -0.25) is 14.5 Å². The smallest absolute Gasteiger partial charge is 0.239 e. The molecule has 1 unspecified atom stereocenters. The molecule has 2 N–H and O–H groups in total. The number of carbonyl (C=O) groups is 2. The van der Waals surface area contributed by atoms with Crippen LogP contribution in [0, 0.1) is 0 Å². The maximum Gasteiger partial charge on any atom is 0.239 e. The Morgan fingerprint density at radius 3 is 2.36 bits per heavy atom. The van der Waals surface area contributed by atoms with Crippen LogP contribution in [0.3, 0.4) is 0 Å². The Morgan fingerprint density at radius 2 is 1.77 bits per heavy atom. The number of hydrogen-bond acceptors (Lipinski definition) is 4. The minimum absolute atomic E-state index is 0.0544. The number of carbonyl (C=O) groups excluding carboxylic acids is 2. The molecule has 0 aromatic carbocycles. The quantitative estimate of drug-likeness (QED) is 0.744. The van der Waals surface area contributed by atoms with Gasteiger partial charge in [0.15, 0.2) is 0 Å². The first-order chi connectivity index (χ1) is 10.5.